The predicted molar refractivity (Wildman–Crippen MR) is 73.8 cm³/mol. The number of benzene rings is 1. The largest absolute Gasteiger partial charge is 0.497 e. The van der Waals surface area contributed by atoms with Crippen LogP contribution in [0.4, 0.5) is 0 Å². The molecule has 0 amide bonds. The molecule has 1 N–H and O–H groups in total. The molecule has 2 rings (SSSR count). The summed E-state index contributed by atoms with van der Waals surface area (Å²) < 4.78 is 16.0. The van der Waals surface area contributed by atoms with Crippen LogP contribution in [0.3, 0.4) is 0 Å². The van der Waals surface area contributed by atoms with Gasteiger partial charge in [0.25, 0.3) is 5.89 Å². The van der Waals surface area contributed by atoms with E-state index >= 15 is 0 Å². The first-order chi connectivity index (χ1) is 9.63. The maximum absolute atomic E-state index is 5.79. The molecule has 0 fully saturated rings. The second-order valence-corrected chi connectivity index (χ2v) is 4.44. The Kier molecular flexibility index (Phi) is 4.57. The molecule has 6 heteroatoms. The van der Waals surface area contributed by atoms with E-state index in [9.17, 15) is 0 Å². The van der Waals surface area contributed by atoms with E-state index in [1.807, 2.05) is 25.2 Å². The molecule has 1 unspecified atom stereocenters. The third kappa shape index (κ3) is 3.27. The number of hydrogen-bond acceptors (Lipinski definition) is 6. The van der Waals surface area contributed by atoms with Crippen LogP contribution < -0.4 is 14.8 Å². The molecule has 0 radical (unpaired) electrons. The molecule has 1 atom stereocenters. The Morgan fingerprint density at radius 3 is 2.80 bits per heavy atom. The topological polar surface area (TPSA) is 69.4 Å². The molecule has 0 aliphatic rings. The van der Waals surface area contributed by atoms with Gasteiger partial charge < -0.3 is 19.3 Å². The number of hydrogen-bond donors (Lipinski definition) is 1. The van der Waals surface area contributed by atoms with Gasteiger partial charge in [-0.1, -0.05) is 11.2 Å². The van der Waals surface area contributed by atoms with Gasteiger partial charge in [0.2, 0.25) is 0 Å². The van der Waals surface area contributed by atoms with Crippen LogP contribution in [0.15, 0.2) is 22.7 Å². The Balaban J connectivity index is 2.18. The van der Waals surface area contributed by atoms with E-state index in [4.69, 9.17) is 14.0 Å². The van der Waals surface area contributed by atoms with Gasteiger partial charge in [-0.2, -0.15) is 4.98 Å². The molecule has 0 aliphatic carbocycles. The lowest BCUT2D eigenvalue weighted by Gasteiger charge is -2.16. The van der Waals surface area contributed by atoms with Crippen LogP contribution in [-0.2, 0) is 6.61 Å². The molecule has 20 heavy (non-hydrogen) atoms. The van der Waals surface area contributed by atoms with E-state index < -0.39 is 0 Å². The highest BCUT2D eigenvalue weighted by molar-refractivity contribution is 5.42. The van der Waals surface area contributed by atoms with Crippen molar-refractivity contribution in [2.45, 2.75) is 26.5 Å². The van der Waals surface area contributed by atoms with Crippen molar-refractivity contribution in [2.24, 2.45) is 0 Å². The number of ether oxygens (including phenoxy) is 2. The number of nitrogens with one attached hydrogen (secondary N) is 1. The smallest absolute Gasteiger partial charge is 0.264 e. The van der Waals surface area contributed by atoms with Gasteiger partial charge in [-0.3, -0.25) is 0 Å². The van der Waals surface area contributed by atoms with Crippen molar-refractivity contribution >= 4 is 0 Å². The Morgan fingerprint density at radius 1 is 1.40 bits per heavy atom. The van der Waals surface area contributed by atoms with Gasteiger partial charge in [-0.15, -0.1) is 0 Å². The third-order valence-corrected chi connectivity index (χ3v) is 3.04. The average molecular weight is 277 g/mol. The Labute approximate surface area is 118 Å². The van der Waals surface area contributed by atoms with Crippen molar-refractivity contribution in [3.05, 3.63) is 35.5 Å². The van der Waals surface area contributed by atoms with Gasteiger partial charge in [0.05, 0.1) is 7.11 Å². The quantitative estimate of drug-likeness (QED) is 0.873. The number of nitrogens with zero attached hydrogens (tertiary/aromatic N) is 2. The van der Waals surface area contributed by atoms with Crippen molar-refractivity contribution < 1.29 is 14.0 Å². The maximum Gasteiger partial charge on any atom is 0.264 e. The Hall–Kier alpha value is -2.08. The molecule has 0 spiro atoms. The van der Waals surface area contributed by atoms with Crippen LogP contribution in [0, 0.1) is 6.92 Å². The van der Waals surface area contributed by atoms with Crippen molar-refractivity contribution in [3.8, 4) is 11.5 Å². The van der Waals surface area contributed by atoms with Crippen molar-refractivity contribution in [2.75, 3.05) is 14.2 Å². The highest BCUT2D eigenvalue weighted by Crippen LogP contribution is 2.30. The molecule has 2 aromatic rings. The van der Waals surface area contributed by atoms with Crippen LogP contribution in [0.1, 0.15) is 30.2 Å². The van der Waals surface area contributed by atoms with Crippen molar-refractivity contribution in [3.63, 3.8) is 0 Å². The first-order valence-electron chi connectivity index (χ1n) is 6.41. The number of aryl methyl sites for hydroxylation is 1. The monoisotopic (exact) mass is 277 g/mol. The lowest BCUT2D eigenvalue weighted by molar-refractivity contribution is 0.238. The Bertz CT molecular complexity index is 569. The summed E-state index contributed by atoms with van der Waals surface area (Å²) in [7, 11) is 3.53. The molecular weight excluding hydrogens is 258 g/mol. The fourth-order valence-corrected chi connectivity index (χ4v) is 1.82. The number of aromatic nitrogens is 2. The SMILES string of the molecule is CNC(C)c1ccc(OC)cc1OCc1nc(C)no1. The fraction of sp³-hybridized carbons (Fsp3) is 0.429. The van der Waals surface area contributed by atoms with Crippen LogP contribution in [0.2, 0.25) is 0 Å². The predicted octanol–water partition coefficient (Wildman–Crippen LogP) is 2.25. The molecule has 1 aromatic carbocycles. The molecule has 0 bridgehead atoms. The van der Waals surface area contributed by atoms with E-state index in [1.54, 1.807) is 14.0 Å². The molecule has 1 aromatic heterocycles. The molecule has 0 saturated heterocycles. The summed E-state index contributed by atoms with van der Waals surface area (Å²) in [6.07, 6.45) is 0. The van der Waals surface area contributed by atoms with Crippen molar-refractivity contribution in [1.82, 2.24) is 15.5 Å². The van der Waals surface area contributed by atoms with Crippen LogP contribution in [-0.4, -0.2) is 24.3 Å². The van der Waals surface area contributed by atoms with Gasteiger partial charge in [-0.25, -0.2) is 0 Å². The minimum Gasteiger partial charge on any atom is -0.497 e. The normalized spacial score (nSPS) is 12.2. The van der Waals surface area contributed by atoms with Gasteiger partial charge in [0, 0.05) is 17.7 Å². The van der Waals surface area contributed by atoms with Crippen LogP contribution in [0.25, 0.3) is 0 Å². The lowest BCUT2D eigenvalue weighted by Crippen LogP contribution is -2.14. The summed E-state index contributed by atoms with van der Waals surface area (Å²) in [6, 6.07) is 5.91. The highest BCUT2D eigenvalue weighted by atomic mass is 16.5. The lowest BCUT2D eigenvalue weighted by atomic mass is 10.1. The van der Waals surface area contributed by atoms with Crippen molar-refractivity contribution in [1.29, 1.82) is 0 Å². The molecular formula is C14H19N3O3. The summed E-state index contributed by atoms with van der Waals surface area (Å²) >= 11 is 0. The van der Waals surface area contributed by atoms with Crippen LogP contribution in [0.5, 0.6) is 11.5 Å². The molecule has 0 aliphatic heterocycles. The summed E-state index contributed by atoms with van der Waals surface area (Å²) in [5.74, 6) is 2.53. The standard InChI is InChI=1S/C14H19N3O3/c1-9(15-3)12-6-5-11(18-4)7-13(12)19-8-14-16-10(2)17-20-14/h5-7,9,15H,8H2,1-4H3. The van der Waals surface area contributed by atoms with E-state index in [0.29, 0.717) is 11.7 Å². The first-order valence-corrected chi connectivity index (χ1v) is 6.41. The highest BCUT2D eigenvalue weighted by Gasteiger charge is 2.13. The Morgan fingerprint density at radius 2 is 2.20 bits per heavy atom. The maximum atomic E-state index is 5.79. The number of methoxy groups -OCH3 is 1. The van der Waals surface area contributed by atoms with Crippen LogP contribution >= 0.6 is 0 Å². The number of rotatable bonds is 6. The van der Waals surface area contributed by atoms with Gasteiger partial charge in [0.1, 0.15) is 11.5 Å². The fourth-order valence-electron chi connectivity index (χ4n) is 1.82. The van der Waals surface area contributed by atoms with E-state index in [0.717, 1.165) is 17.1 Å². The van der Waals surface area contributed by atoms with Gasteiger partial charge in [0.15, 0.2) is 12.4 Å². The minimum absolute atomic E-state index is 0.167. The summed E-state index contributed by atoms with van der Waals surface area (Å²) in [6.45, 7) is 4.07. The first kappa shape index (κ1) is 14.3. The zero-order chi connectivity index (χ0) is 14.5. The van der Waals surface area contributed by atoms with E-state index in [1.165, 1.54) is 0 Å². The summed E-state index contributed by atoms with van der Waals surface area (Å²) in [4.78, 5) is 4.11. The third-order valence-electron chi connectivity index (χ3n) is 3.04. The summed E-state index contributed by atoms with van der Waals surface area (Å²) in [5.41, 5.74) is 1.05. The molecule has 6 nitrogen and oxygen atoms in total. The molecule has 108 valence electrons. The van der Waals surface area contributed by atoms with Gasteiger partial charge in [-0.05, 0) is 27.0 Å². The second-order valence-electron chi connectivity index (χ2n) is 4.44. The minimum atomic E-state index is 0.167. The molecule has 0 saturated carbocycles. The average Bonchev–Trinajstić information content (AvgIpc) is 2.89. The zero-order valence-corrected chi connectivity index (χ0v) is 12.1. The second kappa shape index (κ2) is 6.38. The van der Waals surface area contributed by atoms with Gasteiger partial charge >= 0.3 is 0 Å². The van der Waals surface area contributed by atoms with E-state index in [2.05, 4.69) is 22.4 Å². The molecule has 1 heterocycles. The summed E-state index contributed by atoms with van der Waals surface area (Å²) in [5, 5.41) is 6.92. The van der Waals surface area contributed by atoms with E-state index in [-0.39, 0.29) is 12.6 Å². The zero-order valence-electron chi connectivity index (χ0n) is 12.1.